The molecule has 2 N–H and O–H groups in total. The van der Waals surface area contributed by atoms with Gasteiger partial charge in [-0.25, -0.2) is 9.59 Å². The van der Waals surface area contributed by atoms with Crippen LogP contribution in [-0.4, -0.2) is 24.5 Å². The zero-order valence-corrected chi connectivity index (χ0v) is 14.2. The molecule has 1 aromatic heterocycles. The molecule has 0 atom stereocenters. The number of hydrogen-bond acceptors (Lipinski definition) is 5. The number of amides is 3. The monoisotopic (exact) mass is 346 g/mol. The van der Waals surface area contributed by atoms with E-state index in [1.54, 1.807) is 6.07 Å². The largest absolute Gasteiger partial charge is 0.452 e. The second-order valence-electron chi connectivity index (χ2n) is 5.12. The first-order chi connectivity index (χ1) is 11.5. The maximum absolute atomic E-state index is 11.9. The molecule has 2 aromatic rings. The molecule has 0 spiro atoms. The minimum atomic E-state index is -0.682. The summed E-state index contributed by atoms with van der Waals surface area (Å²) in [5.41, 5.74) is 1.36. The van der Waals surface area contributed by atoms with Crippen LogP contribution in [0.2, 0.25) is 0 Å². The lowest BCUT2D eigenvalue weighted by molar-refractivity contribution is -0.123. The fourth-order valence-corrected chi connectivity index (χ4v) is 2.94. The molecule has 0 bridgehead atoms. The number of benzene rings is 1. The molecule has 6 nitrogen and oxygen atoms in total. The third kappa shape index (κ3) is 5.20. The molecule has 0 aliphatic carbocycles. The van der Waals surface area contributed by atoms with E-state index in [9.17, 15) is 14.4 Å². The minimum Gasteiger partial charge on any atom is -0.452 e. The number of imide groups is 1. The van der Waals surface area contributed by atoms with Crippen molar-refractivity contribution in [3.05, 3.63) is 57.3 Å². The molecule has 0 radical (unpaired) electrons. The van der Waals surface area contributed by atoms with E-state index in [2.05, 4.69) is 10.6 Å². The summed E-state index contributed by atoms with van der Waals surface area (Å²) in [4.78, 5) is 37.0. The first-order valence-electron chi connectivity index (χ1n) is 7.31. The molecule has 0 saturated heterocycles. The summed E-state index contributed by atoms with van der Waals surface area (Å²) in [6.45, 7) is 3.49. The normalized spacial score (nSPS) is 10.1. The average Bonchev–Trinajstić information content (AvgIpc) is 2.90. The lowest BCUT2D eigenvalue weighted by Gasteiger charge is -2.07. The van der Waals surface area contributed by atoms with Crippen LogP contribution >= 0.6 is 11.3 Å². The fraction of sp³-hybridized carbons (Fsp3) is 0.235. The van der Waals surface area contributed by atoms with Crippen molar-refractivity contribution in [2.24, 2.45) is 0 Å². The van der Waals surface area contributed by atoms with E-state index in [0.29, 0.717) is 12.1 Å². The third-order valence-electron chi connectivity index (χ3n) is 3.14. The van der Waals surface area contributed by atoms with E-state index < -0.39 is 24.5 Å². The van der Waals surface area contributed by atoms with E-state index in [4.69, 9.17) is 4.74 Å². The van der Waals surface area contributed by atoms with Gasteiger partial charge in [-0.05, 0) is 25.5 Å². The second-order valence-corrected chi connectivity index (χ2v) is 6.58. The number of hydrogen-bond donors (Lipinski definition) is 2. The van der Waals surface area contributed by atoms with Gasteiger partial charge in [-0.1, -0.05) is 30.3 Å². The summed E-state index contributed by atoms with van der Waals surface area (Å²) < 4.78 is 4.92. The molecule has 0 aliphatic heterocycles. The first kappa shape index (κ1) is 17.7. The van der Waals surface area contributed by atoms with Gasteiger partial charge in [0.2, 0.25) is 0 Å². The Bertz CT molecular complexity index is 740. The molecular formula is C17H18N2O4S. The average molecular weight is 346 g/mol. The van der Waals surface area contributed by atoms with Crippen LogP contribution in [0.3, 0.4) is 0 Å². The standard InChI is InChI=1S/C17H18N2O4S/c1-11-8-14(12(2)24-11)16(21)23-10-15(20)19-17(22)18-9-13-6-4-3-5-7-13/h3-8H,9-10H2,1-2H3,(H2,18,19,20,22). The zero-order valence-electron chi connectivity index (χ0n) is 13.4. The molecule has 1 heterocycles. The summed E-state index contributed by atoms with van der Waals surface area (Å²) in [7, 11) is 0. The smallest absolute Gasteiger partial charge is 0.339 e. The molecule has 2 rings (SSSR count). The van der Waals surface area contributed by atoms with Gasteiger partial charge in [-0.15, -0.1) is 11.3 Å². The van der Waals surface area contributed by atoms with Crippen molar-refractivity contribution in [2.75, 3.05) is 6.61 Å². The van der Waals surface area contributed by atoms with E-state index in [1.807, 2.05) is 44.2 Å². The fourth-order valence-electron chi connectivity index (χ4n) is 2.03. The molecule has 7 heteroatoms. The summed E-state index contributed by atoms with van der Waals surface area (Å²) in [5.74, 6) is -1.25. The highest BCUT2D eigenvalue weighted by atomic mass is 32.1. The highest BCUT2D eigenvalue weighted by molar-refractivity contribution is 7.12. The molecule has 3 amide bonds. The number of urea groups is 1. The van der Waals surface area contributed by atoms with Crippen LogP contribution in [0.4, 0.5) is 4.79 Å². The molecule has 1 aromatic carbocycles. The number of esters is 1. The highest BCUT2D eigenvalue weighted by Gasteiger charge is 2.16. The van der Waals surface area contributed by atoms with Gasteiger partial charge in [0.05, 0.1) is 5.56 Å². The van der Waals surface area contributed by atoms with Crippen LogP contribution in [0, 0.1) is 13.8 Å². The molecule has 24 heavy (non-hydrogen) atoms. The Hall–Kier alpha value is -2.67. The van der Waals surface area contributed by atoms with Crippen molar-refractivity contribution in [3.63, 3.8) is 0 Å². The minimum absolute atomic E-state index is 0.299. The summed E-state index contributed by atoms with van der Waals surface area (Å²) in [6, 6.07) is 10.4. The summed E-state index contributed by atoms with van der Waals surface area (Å²) >= 11 is 1.48. The maximum Gasteiger partial charge on any atom is 0.339 e. The van der Waals surface area contributed by atoms with Crippen molar-refractivity contribution in [1.82, 2.24) is 10.6 Å². The second kappa shape index (κ2) is 8.26. The summed E-state index contributed by atoms with van der Waals surface area (Å²) in [6.07, 6.45) is 0. The van der Waals surface area contributed by atoms with Crippen LogP contribution in [0.25, 0.3) is 0 Å². The van der Waals surface area contributed by atoms with Gasteiger partial charge >= 0.3 is 12.0 Å². The Labute approximate surface area is 143 Å². The Morgan fingerprint density at radius 2 is 1.83 bits per heavy atom. The van der Waals surface area contributed by atoms with Gasteiger partial charge in [-0.3, -0.25) is 10.1 Å². The van der Waals surface area contributed by atoms with Crippen molar-refractivity contribution < 1.29 is 19.1 Å². The van der Waals surface area contributed by atoms with Gasteiger partial charge < -0.3 is 10.1 Å². The van der Waals surface area contributed by atoms with Gasteiger partial charge in [0.15, 0.2) is 6.61 Å². The highest BCUT2D eigenvalue weighted by Crippen LogP contribution is 2.21. The van der Waals surface area contributed by atoms with Gasteiger partial charge in [0.1, 0.15) is 0 Å². The topological polar surface area (TPSA) is 84.5 Å². The Balaban J connectivity index is 1.73. The maximum atomic E-state index is 11.9. The van der Waals surface area contributed by atoms with Gasteiger partial charge in [-0.2, -0.15) is 0 Å². The number of nitrogens with one attached hydrogen (secondary N) is 2. The number of ether oxygens (including phenoxy) is 1. The zero-order chi connectivity index (χ0) is 17.5. The molecular weight excluding hydrogens is 328 g/mol. The SMILES string of the molecule is Cc1cc(C(=O)OCC(=O)NC(=O)NCc2ccccc2)c(C)s1. The van der Waals surface area contributed by atoms with Crippen LogP contribution in [0.5, 0.6) is 0 Å². The lowest BCUT2D eigenvalue weighted by Crippen LogP contribution is -2.41. The quantitative estimate of drug-likeness (QED) is 0.815. The molecule has 0 saturated carbocycles. The van der Waals surface area contributed by atoms with E-state index in [-0.39, 0.29) is 0 Å². The number of aryl methyl sites for hydroxylation is 2. The summed E-state index contributed by atoms with van der Waals surface area (Å²) in [5, 5.41) is 4.67. The van der Waals surface area contributed by atoms with E-state index in [0.717, 1.165) is 15.3 Å². The molecule has 0 fully saturated rings. The van der Waals surface area contributed by atoms with E-state index >= 15 is 0 Å². The number of rotatable bonds is 5. The van der Waals surface area contributed by atoms with Crippen molar-refractivity contribution in [1.29, 1.82) is 0 Å². The van der Waals surface area contributed by atoms with Crippen molar-refractivity contribution in [3.8, 4) is 0 Å². The third-order valence-corrected chi connectivity index (χ3v) is 4.11. The predicted octanol–water partition coefficient (Wildman–Crippen LogP) is 2.55. The number of thiophene rings is 1. The Morgan fingerprint density at radius 3 is 2.46 bits per heavy atom. The van der Waals surface area contributed by atoms with Gasteiger partial charge in [0, 0.05) is 16.3 Å². The first-order valence-corrected chi connectivity index (χ1v) is 8.13. The van der Waals surface area contributed by atoms with Crippen molar-refractivity contribution >= 4 is 29.2 Å². The predicted molar refractivity (Wildman–Crippen MR) is 90.9 cm³/mol. The van der Waals surface area contributed by atoms with Crippen molar-refractivity contribution in [2.45, 2.75) is 20.4 Å². The molecule has 0 unspecified atom stereocenters. The van der Waals surface area contributed by atoms with Crippen LogP contribution in [-0.2, 0) is 16.1 Å². The van der Waals surface area contributed by atoms with Crippen LogP contribution < -0.4 is 10.6 Å². The van der Waals surface area contributed by atoms with Crippen LogP contribution in [0.15, 0.2) is 36.4 Å². The molecule has 126 valence electrons. The molecule has 0 aliphatic rings. The number of carbonyl (C=O) groups excluding carboxylic acids is 3. The van der Waals surface area contributed by atoms with Gasteiger partial charge in [0.25, 0.3) is 5.91 Å². The lowest BCUT2D eigenvalue weighted by atomic mass is 10.2. The van der Waals surface area contributed by atoms with E-state index in [1.165, 1.54) is 11.3 Å². The Morgan fingerprint density at radius 1 is 1.12 bits per heavy atom. The number of carbonyl (C=O) groups is 3. The Kier molecular flexibility index (Phi) is 6.08. The van der Waals surface area contributed by atoms with Crippen LogP contribution in [0.1, 0.15) is 25.7 Å².